The molecule has 0 saturated heterocycles. The first-order valence-electron chi connectivity index (χ1n) is 3.54. The Kier molecular flexibility index (Phi) is 2.50. The summed E-state index contributed by atoms with van der Waals surface area (Å²) in [4.78, 5) is 12.2. The molecule has 1 aromatic heterocycles. The summed E-state index contributed by atoms with van der Waals surface area (Å²) in [7, 11) is 3.75. The van der Waals surface area contributed by atoms with Gasteiger partial charge in [-0.2, -0.15) is 0 Å². The van der Waals surface area contributed by atoms with Crippen LogP contribution in [0.4, 0.5) is 0 Å². The minimum Gasteiger partial charge on any atom is -0.542 e. The third-order valence-corrected chi connectivity index (χ3v) is 1.33. The lowest BCUT2D eigenvalue weighted by molar-refractivity contribution is -0.257. The second-order valence-electron chi connectivity index (χ2n) is 2.79. The average Bonchev–Trinajstić information content (AvgIpc) is 2.34. The molecule has 0 bridgehead atoms. The van der Waals surface area contributed by atoms with Crippen molar-refractivity contribution in [3.05, 3.63) is 23.7 Å². The van der Waals surface area contributed by atoms with E-state index >= 15 is 0 Å². The van der Waals surface area contributed by atoms with E-state index in [2.05, 4.69) is 0 Å². The number of furan rings is 1. The number of nitrogens with zero attached hydrogens (tertiary/aromatic N) is 1. The van der Waals surface area contributed by atoms with E-state index in [0.29, 0.717) is 12.3 Å². The van der Waals surface area contributed by atoms with Gasteiger partial charge in [0.1, 0.15) is 17.5 Å². The van der Waals surface area contributed by atoms with Crippen molar-refractivity contribution in [2.45, 2.75) is 6.54 Å². The fraction of sp³-hybridized carbons (Fsp3) is 0.375. The number of carboxylic acid groups (broad SMARTS) is 1. The van der Waals surface area contributed by atoms with E-state index in [0.717, 1.165) is 0 Å². The number of hydrogen-bond acceptors (Lipinski definition) is 4. The van der Waals surface area contributed by atoms with Gasteiger partial charge in [0.05, 0.1) is 6.54 Å². The van der Waals surface area contributed by atoms with Crippen LogP contribution in [0.1, 0.15) is 16.3 Å². The molecule has 1 rings (SSSR count). The zero-order chi connectivity index (χ0) is 9.14. The van der Waals surface area contributed by atoms with Crippen molar-refractivity contribution in [1.82, 2.24) is 4.90 Å². The van der Waals surface area contributed by atoms with Gasteiger partial charge in [0.2, 0.25) is 0 Å². The highest BCUT2D eigenvalue weighted by molar-refractivity contribution is 5.82. The maximum atomic E-state index is 10.3. The molecule has 0 N–H and O–H groups in total. The molecule has 0 spiro atoms. The molecular formula is C8H10NO3-. The Bertz CT molecular complexity index is 278. The van der Waals surface area contributed by atoms with Crippen LogP contribution in [0, 0.1) is 0 Å². The lowest BCUT2D eigenvalue weighted by atomic mass is 10.4. The zero-order valence-electron chi connectivity index (χ0n) is 7.03. The highest BCUT2D eigenvalue weighted by Crippen LogP contribution is 2.07. The Labute approximate surface area is 70.4 Å². The predicted molar refractivity (Wildman–Crippen MR) is 40.4 cm³/mol. The summed E-state index contributed by atoms with van der Waals surface area (Å²) in [5.74, 6) is -0.772. The maximum absolute atomic E-state index is 10.3. The predicted octanol–water partition coefficient (Wildman–Crippen LogP) is -0.295. The fourth-order valence-electron chi connectivity index (χ4n) is 0.884. The van der Waals surface area contributed by atoms with Crippen LogP contribution >= 0.6 is 0 Å². The average molecular weight is 168 g/mol. The van der Waals surface area contributed by atoms with Crippen molar-refractivity contribution >= 4 is 5.97 Å². The number of aromatic carboxylic acids is 1. The van der Waals surface area contributed by atoms with Crippen molar-refractivity contribution in [1.29, 1.82) is 0 Å². The van der Waals surface area contributed by atoms with Gasteiger partial charge in [0.15, 0.2) is 0 Å². The fourth-order valence-corrected chi connectivity index (χ4v) is 0.884. The summed E-state index contributed by atoms with van der Waals surface area (Å²) < 4.78 is 4.95. The van der Waals surface area contributed by atoms with E-state index in [1.54, 1.807) is 6.07 Å². The van der Waals surface area contributed by atoms with Crippen molar-refractivity contribution in [2.24, 2.45) is 0 Å². The van der Waals surface area contributed by atoms with Crippen molar-refractivity contribution in [3.8, 4) is 0 Å². The molecule has 0 atom stereocenters. The molecule has 0 unspecified atom stereocenters. The highest BCUT2D eigenvalue weighted by atomic mass is 16.4. The van der Waals surface area contributed by atoms with Crippen molar-refractivity contribution < 1.29 is 14.3 Å². The Hall–Kier alpha value is -1.29. The van der Waals surface area contributed by atoms with Crippen LogP contribution in [0.25, 0.3) is 0 Å². The molecule has 4 nitrogen and oxygen atoms in total. The van der Waals surface area contributed by atoms with Gasteiger partial charge < -0.3 is 19.2 Å². The summed E-state index contributed by atoms with van der Waals surface area (Å²) >= 11 is 0. The van der Waals surface area contributed by atoms with E-state index in [9.17, 15) is 9.90 Å². The van der Waals surface area contributed by atoms with E-state index in [-0.39, 0.29) is 5.76 Å². The van der Waals surface area contributed by atoms with Crippen LogP contribution in [-0.2, 0) is 6.54 Å². The lowest BCUT2D eigenvalue weighted by Gasteiger charge is -2.05. The van der Waals surface area contributed by atoms with Crippen LogP contribution in [0.2, 0.25) is 0 Å². The largest absolute Gasteiger partial charge is 0.542 e. The molecule has 0 aromatic carbocycles. The molecule has 12 heavy (non-hydrogen) atoms. The van der Waals surface area contributed by atoms with Gasteiger partial charge in [-0.3, -0.25) is 0 Å². The number of rotatable bonds is 3. The first kappa shape index (κ1) is 8.80. The zero-order valence-corrected chi connectivity index (χ0v) is 7.03. The molecule has 0 aliphatic heterocycles. The van der Waals surface area contributed by atoms with Gasteiger partial charge in [0, 0.05) is 0 Å². The number of carbonyl (C=O) groups excluding carboxylic acids is 1. The van der Waals surface area contributed by atoms with Crippen LogP contribution < -0.4 is 5.11 Å². The molecule has 0 radical (unpaired) electrons. The normalized spacial score (nSPS) is 10.6. The molecule has 0 aliphatic carbocycles. The molecule has 0 aliphatic rings. The Morgan fingerprint density at radius 2 is 2.25 bits per heavy atom. The topological polar surface area (TPSA) is 56.5 Å². The second-order valence-corrected chi connectivity index (χ2v) is 2.79. The Morgan fingerprint density at radius 1 is 1.58 bits per heavy atom. The molecule has 0 amide bonds. The van der Waals surface area contributed by atoms with Gasteiger partial charge in [0.25, 0.3) is 0 Å². The summed E-state index contributed by atoms with van der Waals surface area (Å²) in [6.45, 7) is 0.591. The van der Waals surface area contributed by atoms with Gasteiger partial charge in [-0.1, -0.05) is 0 Å². The number of hydrogen-bond donors (Lipinski definition) is 0. The molecule has 66 valence electrons. The first-order chi connectivity index (χ1) is 5.59. The molecule has 1 heterocycles. The third kappa shape index (κ3) is 2.10. The van der Waals surface area contributed by atoms with E-state index in [1.807, 2.05) is 19.0 Å². The van der Waals surface area contributed by atoms with Crippen molar-refractivity contribution in [3.63, 3.8) is 0 Å². The van der Waals surface area contributed by atoms with Crippen LogP contribution in [0.15, 0.2) is 16.5 Å². The summed E-state index contributed by atoms with van der Waals surface area (Å²) in [6.07, 6.45) is 0. The minimum atomic E-state index is -1.28. The van der Waals surface area contributed by atoms with Gasteiger partial charge >= 0.3 is 0 Å². The standard InChI is InChI=1S/C8H11NO3/c1-9(2)5-6-3-4-7(12-6)8(10)11/h3-4H,5H2,1-2H3,(H,10,11)/p-1. The molecule has 4 heteroatoms. The molecule has 0 fully saturated rings. The molecular weight excluding hydrogens is 158 g/mol. The van der Waals surface area contributed by atoms with Gasteiger partial charge in [-0.25, -0.2) is 0 Å². The van der Waals surface area contributed by atoms with E-state index in [1.165, 1.54) is 6.07 Å². The smallest absolute Gasteiger partial charge is 0.149 e. The Morgan fingerprint density at radius 3 is 2.67 bits per heavy atom. The second kappa shape index (κ2) is 3.40. The van der Waals surface area contributed by atoms with Crippen LogP contribution in [0.3, 0.4) is 0 Å². The maximum Gasteiger partial charge on any atom is 0.149 e. The summed E-state index contributed by atoms with van der Waals surface area (Å²) in [6, 6.07) is 3.03. The number of carbonyl (C=O) groups is 1. The van der Waals surface area contributed by atoms with E-state index < -0.39 is 5.97 Å². The third-order valence-electron chi connectivity index (χ3n) is 1.33. The SMILES string of the molecule is CN(C)Cc1ccc(C(=O)[O-])o1. The molecule has 1 aromatic rings. The quantitative estimate of drug-likeness (QED) is 0.622. The minimum absolute atomic E-state index is 0.119. The number of carboxylic acids is 1. The monoisotopic (exact) mass is 168 g/mol. The van der Waals surface area contributed by atoms with E-state index in [4.69, 9.17) is 4.42 Å². The summed E-state index contributed by atoms with van der Waals surface area (Å²) in [5, 5.41) is 10.3. The van der Waals surface area contributed by atoms with Crippen molar-refractivity contribution in [2.75, 3.05) is 14.1 Å². The van der Waals surface area contributed by atoms with Crippen LogP contribution in [0.5, 0.6) is 0 Å². The Balaban J connectivity index is 2.71. The molecule has 0 saturated carbocycles. The highest BCUT2D eigenvalue weighted by Gasteiger charge is 2.02. The lowest BCUT2D eigenvalue weighted by Crippen LogP contribution is -2.21. The van der Waals surface area contributed by atoms with Crippen LogP contribution in [-0.4, -0.2) is 25.0 Å². The summed E-state index contributed by atoms with van der Waals surface area (Å²) in [5.41, 5.74) is 0. The first-order valence-corrected chi connectivity index (χ1v) is 3.54. The van der Waals surface area contributed by atoms with Gasteiger partial charge in [-0.15, -0.1) is 0 Å². The van der Waals surface area contributed by atoms with Gasteiger partial charge in [-0.05, 0) is 26.2 Å².